The van der Waals surface area contributed by atoms with Gasteiger partial charge in [0, 0.05) is 0 Å². The maximum Gasteiger partial charge on any atom is 0.432 e. The SMILES string of the molecule is CCCC.OBO. The Bertz CT molecular complexity index is 17.2. The molecule has 7 heavy (non-hydrogen) atoms. The van der Waals surface area contributed by atoms with Crippen molar-refractivity contribution in [3.8, 4) is 0 Å². The molecular formula is C4H13BO2. The fourth-order valence-electron chi connectivity index (χ4n) is 0. The minimum Gasteiger partial charge on any atom is -0.430 e. The second kappa shape index (κ2) is 16.7. The van der Waals surface area contributed by atoms with Gasteiger partial charge in [-0.2, -0.15) is 0 Å². The highest BCUT2D eigenvalue weighted by molar-refractivity contribution is 6.13. The Morgan fingerprint density at radius 1 is 1.14 bits per heavy atom. The molecule has 0 amide bonds. The summed E-state index contributed by atoms with van der Waals surface area (Å²) in [5.74, 6) is 0. The summed E-state index contributed by atoms with van der Waals surface area (Å²) in [6, 6.07) is 0. The molecule has 3 heteroatoms. The minimum atomic E-state index is -0.750. The Labute approximate surface area is 45.5 Å². The molecule has 0 heterocycles. The molecule has 0 radical (unpaired) electrons. The molecule has 0 aliphatic heterocycles. The number of hydrogen-bond acceptors (Lipinski definition) is 2. The standard InChI is InChI=1S/C4H10.BH3O2/c1-3-4-2;2-1-3/h3-4H2,1-2H3;1-3H. The molecule has 0 spiro atoms. The maximum absolute atomic E-state index is 7.12. The van der Waals surface area contributed by atoms with E-state index in [2.05, 4.69) is 13.8 Å². The largest absolute Gasteiger partial charge is 0.432 e. The average molecular weight is 104 g/mol. The van der Waals surface area contributed by atoms with E-state index >= 15 is 0 Å². The highest BCUT2D eigenvalue weighted by atomic mass is 16.4. The lowest BCUT2D eigenvalue weighted by atomic mass is 10.4. The highest BCUT2D eigenvalue weighted by Crippen LogP contribution is 1.76. The van der Waals surface area contributed by atoms with Gasteiger partial charge in [0.05, 0.1) is 0 Å². The number of rotatable bonds is 1. The zero-order valence-corrected chi connectivity index (χ0v) is 5.02. The van der Waals surface area contributed by atoms with Crippen LogP contribution in [0.3, 0.4) is 0 Å². The fourth-order valence-corrected chi connectivity index (χ4v) is 0. The number of hydrogen-bond donors (Lipinski definition) is 2. The molecule has 0 unspecified atom stereocenters. The van der Waals surface area contributed by atoms with Crippen molar-refractivity contribution in [3.05, 3.63) is 0 Å². The van der Waals surface area contributed by atoms with Gasteiger partial charge in [0.1, 0.15) is 0 Å². The van der Waals surface area contributed by atoms with Gasteiger partial charge >= 0.3 is 7.69 Å². The summed E-state index contributed by atoms with van der Waals surface area (Å²) in [6.07, 6.45) is 2.64. The smallest absolute Gasteiger partial charge is 0.430 e. The lowest BCUT2D eigenvalue weighted by Gasteiger charge is -1.68. The van der Waals surface area contributed by atoms with Gasteiger partial charge in [0.25, 0.3) is 0 Å². The van der Waals surface area contributed by atoms with Crippen molar-refractivity contribution in [1.82, 2.24) is 0 Å². The first-order valence-corrected chi connectivity index (χ1v) is 2.55. The molecule has 2 N–H and O–H groups in total. The second-order valence-electron chi connectivity index (χ2n) is 1.14. The third kappa shape index (κ3) is 98.0. The van der Waals surface area contributed by atoms with E-state index < -0.39 is 7.69 Å². The molecule has 0 fully saturated rings. The first-order valence-electron chi connectivity index (χ1n) is 2.55. The van der Waals surface area contributed by atoms with Crippen LogP contribution in [-0.4, -0.2) is 17.7 Å². The van der Waals surface area contributed by atoms with E-state index in [0.29, 0.717) is 0 Å². The van der Waals surface area contributed by atoms with Gasteiger partial charge in [-0.15, -0.1) is 0 Å². The van der Waals surface area contributed by atoms with Gasteiger partial charge in [0.2, 0.25) is 0 Å². The van der Waals surface area contributed by atoms with E-state index in [0.717, 1.165) is 0 Å². The van der Waals surface area contributed by atoms with Crippen molar-refractivity contribution < 1.29 is 10.0 Å². The molecular weight excluding hydrogens is 90.9 g/mol. The van der Waals surface area contributed by atoms with Crippen LogP contribution in [0.25, 0.3) is 0 Å². The molecule has 0 aromatic rings. The van der Waals surface area contributed by atoms with Gasteiger partial charge in [-0.25, -0.2) is 0 Å². The Morgan fingerprint density at radius 2 is 1.29 bits per heavy atom. The quantitative estimate of drug-likeness (QED) is 0.461. The van der Waals surface area contributed by atoms with E-state index in [1.165, 1.54) is 12.8 Å². The Morgan fingerprint density at radius 3 is 1.29 bits per heavy atom. The van der Waals surface area contributed by atoms with Crippen molar-refractivity contribution >= 4 is 7.69 Å². The molecule has 44 valence electrons. The van der Waals surface area contributed by atoms with E-state index in [1.807, 2.05) is 0 Å². The summed E-state index contributed by atoms with van der Waals surface area (Å²) >= 11 is 0. The monoisotopic (exact) mass is 104 g/mol. The van der Waals surface area contributed by atoms with Crippen LogP contribution in [0.2, 0.25) is 0 Å². The zero-order valence-electron chi connectivity index (χ0n) is 5.02. The van der Waals surface area contributed by atoms with Crippen LogP contribution in [-0.2, 0) is 0 Å². The molecule has 0 aliphatic carbocycles. The van der Waals surface area contributed by atoms with Gasteiger partial charge in [-0.05, 0) is 0 Å². The normalized spacial score (nSPS) is 6.29. The fraction of sp³-hybridized carbons (Fsp3) is 1.00. The van der Waals surface area contributed by atoms with Gasteiger partial charge < -0.3 is 10.0 Å². The van der Waals surface area contributed by atoms with Gasteiger partial charge in [0.15, 0.2) is 0 Å². The van der Waals surface area contributed by atoms with Crippen LogP contribution >= 0.6 is 0 Å². The Hall–Kier alpha value is -0.0151. The van der Waals surface area contributed by atoms with Gasteiger partial charge in [-0.1, -0.05) is 26.7 Å². The molecule has 2 nitrogen and oxygen atoms in total. The van der Waals surface area contributed by atoms with Crippen LogP contribution in [0.5, 0.6) is 0 Å². The van der Waals surface area contributed by atoms with Crippen LogP contribution < -0.4 is 0 Å². The molecule has 0 atom stereocenters. The summed E-state index contributed by atoms with van der Waals surface area (Å²) in [5.41, 5.74) is 0. The van der Waals surface area contributed by atoms with Crippen LogP contribution in [0.4, 0.5) is 0 Å². The topological polar surface area (TPSA) is 40.5 Å². The highest BCUT2D eigenvalue weighted by Gasteiger charge is 1.56. The summed E-state index contributed by atoms with van der Waals surface area (Å²) < 4.78 is 0. The zero-order chi connectivity index (χ0) is 6.12. The average Bonchev–Trinajstić information content (AvgIpc) is 1.69. The van der Waals surface area contributed by atoms with Crippen molar-refractivity contribution in [2.75, 3.05) is 0 Å². The number of unbranched alkanes of at least 4 members (excludes halogenated alkanes) is 1. The molecule has 0 aromatic heterocycles. The maximum atomic E-state index is 7.12. The third-order valence-corrected chi connectivity index (χ3v) is 0.500. The minimum absolute atomic E-state index is 0.750. The van der Waals surface area contributed by atoms with Crippen LogP contribution in [0, 0.1) is 0 Å². The molecule has 0 aliphatic rings. The molecule has 0 rings (SSSR count). The predicted molar refractivity (Wildman–Crippen MR) is 32.2 cm³/mol. The Kier molecular flexibility index (Phi) is 24.0. The lowest BCUT2D eigenvalue weighted by Crippen LogP contribution is -1.75. The molecule has 0 bridgehead atoms. The second-order valence-corrected chi connectivity index (χ2v) is 1.14. The summed E-state index contributed by atoms with van der Waals surface area (Å²) in [4.78, 5) is 0. The first kappa shape index (κ1) is 10.1. The molecule has 0 aromatic carbocycles. The first-order chi connectivity index (χ1) is 3.33. The van der Waals surface area contributed by atoms with E-state index in [-0.39, 0.29) is 0 Å². The lowest BCUT2D eigenvalue weighted by molar-refractivity contribution is 0.448. The summed E-state index contributed by atoms with van der Waals surface area (Å²) in [7, 11) is -0.750. The van der Waals surface area contributed by atoms with Crippen molar-refractivity contribution in [1.29, 1.82) is 0 Å². The van der Waals surface area contributed by atoms with E-state index in [4.69, 9.17) is 10.0 Å². The van der Waals surface area contributed by atoms with E-state index in [1.54, 1.807) is 0 Å². The van der Waals surface area contributed by atoms with Crippen molar-refractivity contribution in [3.63, 3.8) is 0 Å². The summed E-state index contributed by atoms with van der Waals surface area (Å²) in [5, 5.41) is 14.2. The Balaban J connectivity index is 0. The van der Waals surface area contributed by atoms with Gasteiger partial charge in [-0.3, -0.25) is 0 Å². The van der Waals surface area contributed by atoms with Crippen molar-refractivity contribution in [2.24, 2.45) is 0 Å². The van der Waals surface area contributed by atoms with Crippen molar-refractivity contribution in [2.45, 2.75) is 26.7 Å². The summed E-state index contributed by atoms with van der Waals surface area (Å²) in [6.45, 7) is 4.36. The molecule has 0 saturated carbocycles. The predicted octanol–water partition coefficient (Wildman–Crippen LogP) is 0.0439. The third-order valence-electron chi connectivity index (χ3n) is 0.500. The molecule has 0 saturated heterocycles. The van der Waals surface area contributed by atoms with Crippen LogP contribution in [0.1, 0.15) is 26.7 Å². The van der Waals surface area contributed by atoms with Crippen LogP contribution in [0.15, 0.2) is 0 Å². The van der Waals surface area contributed by atoms with E-state index in [9.17, 15) is 0 Å².